The Labute approximate surface area is 264 Å². The molecule has 1 atom stereocenters. The van der Waals surface area contributed by atoms with Crippen LogP contribution in [-0.2, 0) is 35.7 Å². The minimum Gasteiger partial charge on any atom is -0.459 e. The van der Waals surface area contributed by atoms with Crippen molar-refractivity contribution in [1.29, 1.82) is 5.26 Å². The lowest BCUT2D eigenvalue weighted by molar-refractivity contribution is -0.161. The zero-order chi connectivity index (χ0) is 32.8. The topological polar surface area (TPSA) is 157 Å². The Morgan fingerprint density at radius 2 is 1.62 bits per heavy atom. The first-order chi connectivity index (χ1) is 21.2. The van der Waals surface area contributed by atoms with Crippen LogP contribution in [0.5, 0.6) is 0 Å². The summed E-state index contributed by atoms with van der Waals surface area (Å²) in [5.41, 5.74) is 8.95. The molecule has 1 aromatic heterocycles. The van der Waals surface area contributed by atoms with Gasteiger partial charge in [-0.15, -0.1) is 0 Å². The predicted molar refractivity (Wildman–Crippen MR) is 172 cm³/mol. The molecule has 10 nitrogen and oxygen atoms in total. The van der Waals surface area contributed by atoms with Crippen LogP contribution in [0.25, 0.3) is 11.3 Å². The molecule has 0 aliphatic rings. The molecule has 0 aliphatic carbocycles. The summed E-state index contributed by atoms with van der Waals surface area (Å²) >= 11 is 0. The highest BCUT2D eigenvalue weighted by atomic mass is 32.2. The van der Waals surface area contributed by atoms with Crippen LogP contribution in [0, 0.1) is 18.3 Å². The van der Waals surface area contributed by atoms with Crippen LogP contribution in [0.15, 0.2) is 83.9 Å². The smallest absolute Gasteiger partial charge is 0.318 e. The Hall–Kier alpha value is -4.63. The van der Waals surface area contributed by atoms with Gasteiger partial charge in [0.15, 0.2) is 0 Å². The summed E-state index contributed by atoms with van der Waals surface area (Å²) in [6.45, 7) is 9.12. The van der Waals surface area contributed by atoms with E-state index in [1.807, 2.05) is 52.0 Å². The van der Waals surface area contributed by atoms with E-state index in [0.717, 1.165) is 11.1 Å². The number of aryl methyl sites for hydroxylation is 1. The van der Waals surface area contributed by atoms with Crippen LogP contribution in [0.2, 0.25) is 0 Å². The molecule has 3 N–H and O–H groups in total. The summed E-state index contributed by atoms with van der Waals surface area (Å²) in [6.07, 6.45) is 1.85. The second-order valence-electron chi connectivity index (χ2n) is 11.8. The van der Waals surface area contributed by atoms with E-state index < -0.39 is 27.1 Å². The predicted octanol–water partition coefficient (Wildman–Crippen LogP) is 5.57. The summed E-state index contributed by atoms with van der Waals surface area (Å²) in [7, 11) is -3.83. The first-order valence-electron chi connectivity index (χ1n) is 14.4. The zero-order valence-corrected chi connectivity index (χ0v) is 26.8. The number of rotatable bonds is 11. The Morgan fingerprint density at radius 3 is 2.20 bits per heavy atom. The Kier molecular flexibility index (Phi) is 10.0. The maximum absolute atomic E-state index is 13.0. The highest BCUT2D eigenvalue weighted by Gasteiger charge is 2.37. The molecule has 4 rings (SSSR count). The lowest BCUT2D eigenvalue weighted by Gasteiger charge is -2.31. The molecule has 0 radical (unpaired) electrons. The van der Waals surface area contributed by atoms with Crippen molar-refractivity contribution in [1.82, 2.24) is 9.97 Å². The summed E-state index contributed by atoms with van der Waals surface area (Å²) in [5, 5.41) is 12.9. The van der Waals surface area contributed by atoms with Crippen LogP contribution in [0.4, 0.5) is 11.6 Å². The largest absolute Gasteiger partial charge is 0.459 e. The zero-order valence-electron chi connectivity index (χ0n) is 26.0. The molecule has 234 valence electrons. The monoisotopic (exact) mass is 627 g/mol. The van der Waals surface area contributed by atoms with Gasteiger partial charge < -0.3 is 15.8 Å². The number of nitrogens with two attached hydrogens (primary N) is 1. The van der Waals surface area contributed by atoms with Crippen molar-refractivity contribution in [2.45, 2.75) is 57.0 Å². The number of anilines is 2. The maximum Gasteiger partial charge on any atom is 0.318 e. The van der Waals surface area contributed by atoms with Gasteiger partial charge in [0.05, 0.1) is 29.0 Å². The quantitative estimate of drug-likeness (QED) is 0.159. The van der Waals surface area contributed by atoms with E-state index in [4.69, 9.17) is 14.7 Å². The molecule has 0 saturated heterocycles. The molecule has 0 bridgehead atoms. The van der Waals surface area contributed by atoms with Crippen molar-refractivity contribution in [3.63, 3.8) is 0 Å². The average molecular weight is 628 g/mol. The van der Waals surface area contributed by atoms with Crippen molar-refractivity contribution in [3.8, 4) is 17.3 Å². The van der Waals surface area contributed by atoms with Gasteiger partial charge in [0.2, 0.25) is 5.95 Å². The first kappa shape index (κ1) is 33.3. The molecule has 3 aromatic carbocycles. The molecular weight excluding hydrogens is 590 g/mol. The molecule has 0 fully saturated rings. The Balaban J connectivity index is 1.44. The number of aromatic nitrogens is 2. The van der Waals surface area contributed by atoms with Gasteiger partial charge in [-0.25, -0.2) is 9.97 Å². The number of hydrogen-bond acceptors (Lipinski definition) is 10. The van der Waals surface area contributed by atoms with Gasteiger partial charge in [0.25, 0.3) is 10.1 Å². The number of ether oxygens (including phenoxy) is 1. The molecule has 0 aliphatic heterocycles. The van der Waals surface area contributed by atoms with Gasteiger partial charge in [-0.1, -0.05) is 54.1 Å². The standard InChI is InChI=1S/C34H37N5O5S/c1-23-6-16-29(17-7-23)45(41,42)43-19-18-24-8-14-28(15-9-24)38-32-37-21-26(20-35)30(39-32)25-10-12-27(13-11-25)34(5,22-36)31(40)44-33(2,3)4/h6-17,21H,18-19,22,36H2,1-5H3,(H,37,38,39). The van der Waals surface area contributed by atoms with Crippen molar-refractivity contribution in [2.75, 3.05) is 18.5 Å². The average Bonchev–Trinajstić information content (AvgIpc) is 3.01. The fourth-order valence-corrected chi connectivity index (χ4v) is 5.28. The normalized spacial score (nSPS) is 13.0. The molecule has 1 heterocycles. The SMILES string of the molecule is Cc1ccc(S(=O)(=O)OCCc2ccc(Nc3ncc(C#N)c(-c4ccc(C(C)(CN)C(=O)OC(C)(C)C)cc4)n3)cc2)cc1. The number of hydrogen-bond donors (Lipinski definition) is 2. The lowest BCUT2D eigenvalue weighted by atomic mass is 9.82. The third-order valence-corrected chi connectivity index (χ3v) is 8.44. The second-order valence-corrected chi connectivity index (χ2v) is 13.5. The summed E-state index contributed by atoms with van der Waals surface area (Å²) in [6, 6.07) is 23.2. The molecule has 0 amide bonds. The number of nitrogens with one attached hydrogen (secondary N) is 1. The van der Waals surface area contributed by atoms with Gasteiger partial charge in [-0.05, 0) is 76.4 Å². The number of carbonyl (C=O) groups excluding carboxylic acids is 1. The minimum absolute atomic E-state index is 0.00603. The van der Waals surface area contributed by atoms with Gasteiger partial charge >= 0.3 is 5.97 Å². The fraction of sp³-hybridized carbons (Fsp3) is 0.294. The second kappa shape index (κ2) is 13.6. The molecule has 0 spiro atoms. The van der Waals surface area contributed by atoms with Crippen molar-refractivity contribution < 1.29 is 22.1 Å². The highest BCUT2D eigenvalue weighted by Crippen LogP contribution is 2.30. The van der Waals surface area contributed by atoms with E-state index in [1.165, 1.54) is 18.3 Å². The fourth-order valence-electron chi connectivity index (χ4n) is 4.38. The molecule has 1 unspecified atom stereocenters. The van der Waals surface area contributed by atoms with Crippen LogP contribution in [0.3, 0.4) is 0 Å². The van der Waals surface area contributed by atoms with Crippen LogP contribution >= 0.6 is 0 Å². The van der Waals surface area contributed by atoms with Crippen molar-refractivity contribution in [2.24, 2.45) is 5.73 Å². The third-order valence-electron chi connectivity index (χ3n) is 7.11. The number of benzene rings is 3. The molecule has 11 heteroatoms. The van der Waals surface area contributed by atoms with Gasteiger partial charge in [-0.3, -0.25) is 8.98 Å². The van der Waals surface area contributed by atoms with Crippen LogP contribution in [-0.4, -0.2) is 43.1 Å². The van der Waals surface area contributed by atoms with E-state index in [1.54, 1.807) is 43.3 Å². The van der Waals surface area contributed by atoms with Crippen molar-refractivity contribution in [3.05, 3.63) is 101 Å². The van der Waals surface area contributed by atoms with Crippen LogP contribution < -0.4 is 11.1 Å². The molecule has 4 aromatic rings. The third kappa shape index (κ3) is 8.30. The van der Waals surface area contributed by atoms with Crippen LogP contribution in [0.1, 0.15) is 49.9 Å². The van der Waals surface area contributed by atoms with E-state index in [9.17, 15) is 18.5 Å². The van der Waals surface area contributed by atoms with Gasteiger partial charge in [-0.2, -0.15) is 13.7 Å². The number of carbonyl (C=O) groups is 1. The van der Waals surface area contributed by atoms with Crippen molar-refractivity contribution >= 4 is 27.7 Å². The Bertz CT molecular complexity index is 1790. The number of esters is 1. The van der Waals surface area contributed by atoms with E-state index in [2.05, 4.69) is 21.4 Å². The summed E-state index contributed by atoms with van der Waals surface area (Å²) in [5.74, 6) is -0.129. The van der Waals surface area contributed by atoms with E-state index >= 15 is 0 Å². The molecule has 0 saturated carbocycles. The summed E-state index contributed by atoms with van der Waals surface area (Å²) < 4.78 is 35.7. The number of nitrogens with zero attached hydrogens (tertiary/aromatic N) is 3. The Morgan fingerprint density at radius 1 is 0.978 bits per heavy atom. The highest BCUT2D eigenvalue weighted by molar-refractivity contribution is 7.86. The molecule has 45 heavy (non-hydrogen) atoms. The first-order valence-corrected chi connectivity index (χ1v) is 15.8. The maximum atomic E-state index is 13.0. The van der Waals surface area contributed by atoms with E-state index in [0.29, 0.717) is 28.9 Å². The lowest BCUT2D eigenvalue weighted by Crippen LogP contribution is -2.44. The number of nitriles is 1. The van der Waals surface area contributed by atoms with Gasteiger partial charge in [0.1, 0.15) is 17.1 Å². The van der Waals surface area contributed by atoms with Gasteiger partial charge in [0, 0.05) is 17.8 Å². The summed E-state index contributed by atoms with van der Waals surface area (Å²) in [4.78, 5) is 22.0. The van der Waals surface area contributed by atoms with E-state index in [-0.39, 0.29) is 29.6 Å². The molecular formula is C34H37N5O5S. The minimum atomic E-state index is -3.83.